The zero-order valence-corrected chi connectivity index (χ0v) is 15.0. The van der Waals surface area contributed by atoms with Crippen LogP contribution in [0.4, 0.5) is 0 Å². The van der Waals surface area contributed by atoms with Gasteiger partial charge >= 0.3 is 0 Å². The van der Waals surface area contributed by atoms with Crippen molar-refractivity contribution in [1.82, 2.24) is 0 Å². The highest BCUT2D eigenvalue weighted by molar-refractivity contribution is 14.1. The van der Waals surface area contributed by atoms with E-state index in [9.17, 15) is 0 Å². The summed E-state index contributed by atoms with van der Waals surface area (Å²) in [5.74, 6) is 0.828. The Kier molecular flexibility index (Phi) is 5.58. The van der Waals surface area contributed by atoms with Crippen LogP contribution >= 0.6 is 45.8 Å². The van der Waals surface area contributed by atoms with Crippen molar-refractivity contribution in [3.05, 3.63) is 61.7 Å². The number of aryl methyl sites for hydroxylation is 1. The lowest BCUT2D eigenvalue weighted by Crippen LogP contribution is -2.02. The van der Waals surface area contributed by atoms with Crippen LogP contribution in [-0.4, -0.2) is 6.61 Å². The molecule has 1 unspecified atom stereocenters. The fourth-order valence-corrected chi connectivity index (χ4v) is 3.39. The molecule has 0 heterocycles. The minimum Gasteiger partial charge on any atom is -0.494 e. The van der Waals surface area contributed by atoms with Gasteiger partial charge in [-0.25, -0.2) is 0 Å². The molecule has 0 spiro atoms. The molecule has 2 rings (SSSR count). The molecular formula is C16H15Cl2IO. The first kappa shape index (κ1) is 15.9. The summed E-state index contributed by atoms with van der Waals surface area (Å²) in [5, 5.41) is 0.415. The van der Waals surface area contributed by atoms with E-state index in [0.29, 0.717) is 11.6 Å². The summed E-state index contributed by atoms with van der Waals surface area (Å²) in [5.41, 5.74) is 3.14. The second-order valence-corrected chi connectivity index (χ2v) is 6.54. The van der Waals surface area contributed by atoms with Crippen LogP contribution in [0.3, 0.4) is 0 Å². The third kappa shape index (κ3) is 3.60. The molecule has 0 aromatic heterocycles. The Labute approximate surface area is 143 Å². The molecular weight excluding hydrogens is 406 g/mol. The average Bonchev–Trinajstić information content (AvgIpc) is 2.43. The number of halogens is 3. The van der Waals surface area contributed by atoms with E-state index in [-0.39, 0.29) is 5.38 Å². The van der Waals surface area contributed by atoms with Crippen LogP contribution in [0, 0.1) is 10.5 Å². The van der Waals surface area contributed by atoms with Gasteiger partial charge in [0.25, 0.3) is 0 Å². The molecule has 0 aliphatic heterocycles. The molecule has 0 fully saturated rings. The first-order valence-electron chi connectivity index (χ1n) is 6.35. The number of rotatable bonds is 4. The van der Waals surface area contributed by atoms with Crippen molar-refractivity contribution in [2.45, 2.75) is 19.2 Å². The van der Waals surface area contributed by atoms with Gasteiger partial charge in [-0.05, 0) is 66.3 Å². The van der Waals surface area contributed by atoms with Crippen molar-refractivity contribution in [3.63, 3.8) is 0 Å². The fraction of sp³-hybridized carbons (Fsp3) is 0.250. The van der Waals surface area contributed by atoms with Crippen LogP contribution in [0.25, 0.3) is 0 Å². The Morgan fingerprint density at radius 2 is 1.90 bits per heavy atom. The zero-order chi connectivity index (χ0) is 14.7. The quantitative estimate of drug-likeness (QED) is 0.436. The maximum atomic E-state index is 6.68. The van der Waals surface area contributed by atoms with Gasteiger partial charge in [-0.2, -0.15) is 0 Å². The number of ether oxygens (including phenoxy) is 1. The van der Waals surface area contributed by atoms with Crippen LogP contribution in [-0.2, 0) is 0 Å². The van der Waals surface area contributed by atoms with E-state index in [1.807, 2.05) is 44.2 Å². The van der Waals surface area contributed by atoms with Gasteiger partial charge in [0.05, 0.1) is 12.0 Å². The molecule has 106 valence electrons. The molecule has 0 N–H and O–H groups in total. The molecule has 1 nitrogen and oxygen atoms in total. The third-order valence-electron chi connectivity index (χ3n) is 2.97. The van der Waals surface area contributed by atoms with E-state index >= 15 is 0 Å². The molecule has 0 saturated heterocycles. The van der Waals surface area contributed by atoms with Crippen LogP contribution in [0.2, 0.25) is 5.02 Å². The lowest BCUT2D eigenvalue weighted by Gasteiger charge is -2.17. The summed E-state index contributed by atoms with van der Waals surface area (Å²) in [4.78, 5) is 0. The number of benzene rings is 2. The first-order valence-corrected chi connectivity index (χ1v) is 8.24. The first-order chi connectivity index (χ1) is 9.52. The largest absolute Gasteiger partial charge is 0.494 e. The van der Waals surface area contributed by atoms with Crippen molar-refractivity contribution < 1.29 is 4.74 Å². The molecule has 2 aromatic rings. The fourth-order valence-electron chi connectivity index (χ4n) is 2.03. The zero-order valence-electron chi connectivity index (χ0n) is 11.3. The number of hydrogen-bond donors (Lipinski definition) is 0. The minimum absolute atomic E-state index is 0.276. The van der Waals surface area contributed by atoms with Gasteiger partial charge in [0.15, 0.2) is 0 Å². The van der Waals surface area contributed by atoms with E-state index in [2.05, 4.69) is 28.7 Å². The Balaban J connectivity index is 2.49. The second kappa shape index (κ2) is 7.01. The molecule has 0 bridgehead atoms. The van der Waals surface area contributed by atoms with Crippen molar-refractivity contribution in [2.24, 2.45) is 0 Å². The van der Waals surface area contributed by atoms with Crippen molar-refractivity contribution in [2.75, 3.05) is 6.61 Å². The van der Waals surface area contributed by atoms with E-state index in [4.69, 9.17) is 27.9 Å². The summed E-state index contributed by atoms with van der Waals surface area (Å²) in [6.45, 7) is 4.63. The third-order valence-corrected chi connectivity index (χ3v) is 4.66. The standard InChI is InChI=1S/C16H15Cl2IO/c1-3-20-15-7-4-10(2)8-13(15)16(18)12-9-11(17)5-6-14(12)19/h4-9,16H,3H2,1-2H3. The predicted molar refractivity (Wildman–Crippen MR) is 94.2 cm³/mol. The smallest absolute Gasteiger partial charge is 0.124 e. The molecule has 2 aromatic carbocycles. The van der Waals surface area contributed by atoms with E-state index in [0.717, 1.165) is 26.0 Å². The van der Waals surface area contributed by atoms with E-state index in [1.54, 1.807) is 0 Å². The molecule has 4 heteroatoms. The molecule has 0 aliphatic rings. The molecule has 0 amide bonds. The lowest BCUT2D eigenvalue weighted by atomic mass is 10.0. The van der Waals surface area contributed by atoms with Crippen molar-refractivity contribution >= 4 is 45.8 Å². The Morgan fingerprint density at radius 3 is 2.60 bits per heavy atom. The molecule has 1 atom stereocenters. The topological polar surface area (TPSA) is 9.23 Å². The number of hydrogen-bond acceptors (Lipinski definition) is 1. The maximum absolute atomic E-state index is 6.68. The highest BCUT2D eigenvalue weighted by Crippen LogP contribution is 2.38. The average molecular weight is 421 g/mol. The monoisotopic (exact) mass is 420 g/mol. The number of alkyl halides is 1. The van der Waals surface area contributed by atoms with Crippen LogP contribution in [0.1, 0.15) is 29.0 Å². The van der Waals surface area contributed by atoms with Crippen LogP contribution in [0.15, 0.2) is 36.4 Å². The van der Waals surface area contributed by atoms with Gasteiger partial charge in [-0.1, -0.05) is 29.3 Å². The van der Waals surface area contributed by atoms with E-state index < -0.39 is 0 Å². The van der Waals surface area contributed by atoms with Gasteiger partial charge in [0, 0.05) is 14.2 Å². The maximum Gasteiger partial charge on any atom is 0.124 e. The highest BCUT2D eigenvalue weighted by Gasteiger charge is 2.19. The van der Waals surface area contributed by atoms with Gasteiger partial charge in [0.2, 0.25) is 0 Å². The molecule has 0 radical (unpaired) electrons. The van der Waals surface area contributed by atoms with Gasteiger partial charge < -0.3 is 4.74 Å². The Morgan fingerprint density at radius 1 is 1.15 bits per heavy atom. The van der Waals surface area contributed by atoms with Crippen LogP contribution in [0.5, 0.6) is 5.75 Å². The van der Waals surface area contributed by atoms with Gasteiger partial charge in [-0.15, -0.1) is 11.6 Å². The van der Waals surface area contributed by atoms with Crippen LogP contribution < -0.4 is 4.74 Å². The van der Waals surface area contributed by atoms with Gasteiger partial charge in [0.1, 0.15) is 5.75 Å². The Hall–Kier alpha value is -0.450. The van der Waals surface area contributed by atoms with Crippen molar-refractivity contribution in [1.29, 1.82) is 0 Å². The minimum atomic E-state index is -0.276. The Bertz CT molecular complexity index is 613. The SMILES string of the molecule is CCOc1ccc(C)cc1C(Cl)c1cc(Cl)ccc1I. The molecule has 20 heavy (non-hydrogen) atoms. The summed E-state index contributed by atoms with van der Waals surface area (Å²) in [6, 6.07) is 11.8. The summed E-state index contributed by atoms with van der Waals surface area (Å²) >= 11 is 15.0. The van der Waals surface area contributed by atoms with E-state index in [1.165, 1.54) is 0 Å². The summed E-state index contributed by atoms with van der Waals surface area (Å²) in [7, 11) is 0. The highest BCUT2D eigenvalue weighted by atomic mass is 127. The predicted octanol–water partition coefficient (Wildman–Crippen LogP) is 5.98. The molecule has 0 aliphatic carbocycles. The lowest BCUT2D eigenvalue weighted by molar-refractivity contribution is 0.337. The molecule has 0 saturated carbocycles. The summed E-state index contributed by atoms with van der Waals surface area (Å²) in [6.07, 6.45) is 0. The van der Waals surface area contributed by atoms with Gasteiger partial charge in [-0.3, -0.25) is 0 Å². The van der Waals surface area contributed by atoms with Crippen molar-refractivity contribution in [3.8, 4) is 5.75 Å². The normalized spacial score (nSPS) is 12.2. The second-order valence-electron chi connectivity index (χ2n) is 4.50. The summed E-state index contributed by atoms with van der Waals surface area (Å²) < 4.78 is 6.78.